The fraction of sp³-hybridized carbons (Fsp3) is 0.895. The molecule has 2 N–H and O–H groups in total. The highest BCUT2D eigenvalue weighted by Crippen LogP contribution is 2.38. The van der Waals surface area contributed by atoms with Crippen LogP contribution >= 0.6 is 0 Å². The van der Waals surface area contributed by atoms with Gasteiger partial charge in [0.2, 0.25) is 5.91 Å². The lowest BCUT2D eigenvalue weighted by molar-refractivity contribution is -0.138. The van der Waals surface area contributed by atoms with Crippen molar-refractivity contribution in [2.45, 2.75) is 45.4 Å². The van der Waals surface area contributed by atoms with Gasteiger partial charge < -0.3 is 20.4 Å². The SMILES string of the molecule is CCCN1CCC(CNC(=NC)NCC2(C(=O)N(C)C)CCCC2)C1. The largest absolute Gasteiger partial charge is 0.356 e. The standard InChI is InChI=1S/C19H37N5O/c1-5-11-24-12-8-16(14-24)13-21-18(20-2)22-15-19(9-6-7-10-19)17(25)23(3)4/h16H,5-15H2,1-4H3,(H2,20,21,22). The summed E-state index contributed by atoms with van der Waals surface area (Å²) < 4.78 is 0. The van der Waals surface area contributed by atoms with Crippen LogP contribution in [0.4, 0.5) is 0 Å². The molecule has 0 aromatic rings. The topological polar surface area (TPSA) is 60.0 Å². The minimum atomic E-state index is -0.258. The second kappa shape index (κ2) is 9.41. The molecule has 1 atom stereocenters. The van der Waals surface area contributed by atoms with Crippen molar-refractivity contribution in [1.29, 1.82) is 0 Å². The first kappa shape index (κ1) is 20.0. The van der Waals surface area contributed by atoms with E-state index in [4.69, 9.17) is 0 Å². The van der Waals surface area contributed by atoms with Gasteiger partial charge in [-0.1, -0.05) is 19.8 Å². The monoisotopic (exact) mass is 351 g/mol. The molecule has 1 aliphatic heterocycles. The van der Waals surface area contributed by atoms with Crippen LogP contribution < -0.4 is 10.6 Å². The van der Waals surface area contributed by atoms with E-state index >= 15 is 0 Å². The molecule has 2 fully saturated rings. The van der Waals surface area contributed by atoms with Crippen LogP contribution in [0.5, 0.6) is 0 Å². The van der Waals surface area contributed by atoms with E-state index in [1.165, 1.54) is 32.5 Å². The highest BCUT2D eigenvalue weighted by molar-refractivity contribution is 5.85. The van der Waals surface area contributed by atoms with Crippen LogP contribution in [-0.4, -0.2) is 75.5 Å². The second-order valence-electron chi connectivity index (χ2n) is 7.95. The molecule has 0 bridgehead atoms. The van der Waals surface area contributed by atoms with E-state index in [-0.39, 0.29) is 11.3 Å². The lowest BCUT2D eigenvalue weighted by atomic mass is 9.84. The highest BCUT2D eigenvalue weighted by Gasteiger charge is 2.42. The minimum Gasteiger partial charge on any atom is -0.356 e. The van der Waals surface area contributed by atoms with Crippen molar-refractivity contribution in [2.24, 2.45) is 16.3 Å². The van der Waals surface area contributed by atoms with Gasteiger partial charge >= 0.3 is 0 Å². The van der Waals surface area contributed by atoms with Crippen molar-refractivity contribution >= 4 is 11.9 Å². The Kier molecular flexibility index (Phi) is 7.54. The van der Waals surface area contributed by atoms with Gasteiger partial charge in [0.05, 0.1) is 5.41 Å². The first-order chi connectivity index (χ1) is 12.0. The predicted octanol–water partition coefficient (Wildman–Crippen LogP) is 1.53. The Hall–Kier alpha value is -1.30. The highest BCUT2D eigenvalue weighted by atomic mass is 16.2. The van der Waals surface area contributed by atoms with Gasteiger partial charge in [0.1, 0.15) is 0 Å². The van der Waals surface area contributed by atoms with Gasteiger partial charge in [0, 0.05) is 40.8 Å². The zero-order chi connectivity index (χ0) is 18.3. The zero-order valence-electron chi connectivity index (χ0n) is 16.6. The van der Waals surface area contributed by atoms with Gasteiger partial charge in [0.25, 0.3) is 0 Å². The van der Waals surface area contributed by atoms with Crippen LogP contribution in [-0.2, 0) is 4.79 Å². The van der Waals surface area contributed by atoms with Gasteiger partial charge in [-0.15, -0.1) is 0 Å². The van der Waals surface area contributed by atoms with E-state index in [1.54, 1.807) is 4.90 Å². The van der Waals surface area contributed by atoms with Crippen molar-refractivity contribution in [3.8, 4) is 0 Å². The van der Waals surface area contributed by atoms with E-state index in [2.05, 4.69) is 27.4 Å². The van der Waals surface area contributed by atoms with Gasteiger partial charge in [0.15, 0.2) is 5.96 Å². The molecule has 1 aliphatic carbocycles. The Labute approximate surface area is 153 Å². The molecule has 6 nitrogen and oxygen atoms in total. The minimum absolute atomic E-state index is 0.249. The van der Waals surface area contributed by atoms with Crippen LogP contribution in [0.1, 0.15) is 45.4 Å². The van der Waals surface area contributed by atoms with E-state index in [9.17, 15) is 4.79 Å². The quantitative estimate of drug-likeness (QED) is 0.539. The summed E-state index contributed by atoms with van der Waals surface area (Å²) in [7, 11) is 5.53. The Balaban J connectivity index is 1.80. The summed E-state index contributed by atoms with van der Waals surface area (Å²) in [5.74, 6) is 1.76. The van der Waals surface area contributed by atoms with E-state index in [1.807, 2.05) is 21.1 Å². The smallest absolute Gasteiger partial charge is 0.230 e. The summed E-state index contributed by atoms with van der Waals surface area (Å²) in [6.07, 6.45) is 6.72. The normalized spacial score (nSPS) is 23.7. The number of carbonyl (C=O) groups is 1. The maximum atomic E-state index is 12.7. The summed E-state index contributed by atoms with van der Waals surface area (Å²) in [6, 6.07) is 0. The van der Waals surface area contributed by atoms with Crippen molar-refractivity contribution in [1.82, 2.24) is 20.4 Å². The first-order valence-electron chi connectivity index (χ1n) is 9.89. The van der Waals surface area contributed by atoms with Crippen molar-refractivity contribution < 1.29 is 4.79 Å². The number of likely N-dealkylation sites (tertiary alicyclic amines) is 1. The molecule has 144 valence electrons. The molecule has 1 unspecified atom stereocenters. The van der Waals surface area contributed by atoms with Crippen LogP contribution in [0, 0.1) is 11.3 Å². The van der Waals surface area contributed by atoms with Gasteiger partial charge in [-0.05, 0) is 44.7 Å². The fourth-order valence-corrected chi connectivity index (χ4v) is 4.31. The molecule has 6 heteroatoms. The molecule has 0 aromatic heterocycles. The molecule has 0 radical (unpaired) electrons. The van der Waals surface area contributed by atoms with Crippen molar-refractivity contribution in [2.75, 3.05) is 53.9 Å². The lowest BCUT2D eigenvalue weighted by Gasteiger charge is -2.31. The fourth-order valence-electron chi connectivity index (χ4n) is 4.31. The molecule has 1 amide bonds. The van der Waals surface area contributed by atoms with Gasteiger partial charge in [-0.25, -0.2) is 0 Å². The van der Waals surface area contributed by atoms with Gasteiger partial charge in [-0.2, -0.15) is 0 Å². The zero-order valence-corrected chi connectivity index (χ0v) is 16.6. The number of amides is 1. The van der Waals surface area contributed by atoms with Crippen LogP contribution in [0.15, 0.2) is 4.99 Å². The number of rotatable bonds is 7. The number of hydrogen-bond acceptors (Lipinski definition) is 3. The van der Waals surface area contributed by atoms with Crippen LogP contribution in [0.2, 0.25) is 0 Å². The maximum Gasteiger partial charge on any atom is 0.230 e. The second-order valence-corrected chi connectivity index (χ2v) is 7.95. The molecule has 1 saturated carbocycles. The van der Waals surface area contributed by atoms with Crippen LogP contribution in [0.25, 0.3) is 0 Å². The van der Waals surface area contributed by atoms with E-state index in [0.717, 1.165) is 38.2 Å². The lowest BCUT2D eigenvalue weighted by Crippen LogP contribution is -2.49. The van der Waals surface area contributed by atoms with Crippen molar-refractivity contribution in [3.05, 3.63) is 0 Å². The molecule has 1 heterocycles. The van der Waals surface area contributed by atoms with E-state index < -0.39 is 0 Å². The maximum absolute atomic E-state index is 12.7. The molecule has 2 rings (SSSR count). The predicted molar refractivity (Wildman–Crippen MR) is 104 cm³/mol. The number of guanidine groups is 1. The summed E-state index contributed by atoms with van der Waals surface area (Å²) >= 11 is 0. The Bertz CT molecular complexity index is 457. The molecule has 0 spiro atoms. The van der Waals surface area contributed by atoms with Crippen molar-refractivity contribution in [3.63, 3.8) is 0 Å². The number of aliphatic imine (C=N–C) groups is 1. The Morgan fingerprint density at radius 3 is 2.60 bits per heavy atom. The average molecular weight is 352 g/mol. The molecular formula is C19H37N5O. The number of hydrogen-bond donors (Lipinski definition) is 2. The number of carbonyl (C=O) groups excluding carboxylic acids is 1. The number of nitrogens with one attached hydrogen (secondary N) is 2. The summed E-state index contributed by atoms with van der Waals surface area (Å²) in [5, 5.41) is 6.90. The summed E-state index contributed by atoms with van der Waals surface area (Å²) in [4.78, 5) is 21.3. The third kappa shape index (κ3) is 5.33. The Morgan fingerprint density at radius 1 is 1.28 bits per heavy atom. The molecule has 25 heavy (non-hydrogen) atoms. The van der Waals surface area contributed by atoms with Gasteiger partial charge in [-0.3, -0.25) is 9.79 Å². The van der Waals surface area contributed by atoms with E-state index in [0.29, 0.717) is 12.5 Å². The third-order valence-electron chi connectivity index (χ3n) is 5.71. The molecular weight excluding hydrogens is 314 g/mol. The Morgan fingerprint density at radius 2 is 2.00 bits per heavy atom. The third-order valence-corrected chi connectivity index (χ3v) is 5.71. The summed E-state index contributed by atoms with van der Waals surface area (Å²) in [5.41, 5.74) is -0.258. The average Bonchev–Trinajstić information content (AvgIpc) is 3.25. The molecule has 0 aromatic carbocycles. The molecule has 1 saturated heterocycles. The number of nitrogens with zero attached hydrogens (tertiary/aromatic N) is 3. The summed E-state index contributed by atoms with van der Waals surface area (Å²) in [6.45, 7) is 7.47. The first-order valence-corrected chi connectivity index (χ1v) is 9.89. The molecule has 2 aliphatic rings. The van der Waals surface area contributed by atoms with Crippen LogP contribution in [0.3, 0.4) is 0 Å².